The molecule has 3 rings (SSSR count). The molecule has 1 fully saturated rings. The summed E-state index contributed by atoms with van der Waals surface area (Å²) in [7, 11) is 0. The van der Waals surface area contributed by atoms with Crippen LogP contribution in [0.1, 0.15) is 61.5 Å². The van der Waals surface area contributed by atoms with Crippen LogP contribution in [0.15, 0.2) is 42.0 Å². The van der Waals surface area contributed by atoms with Crippen LogP contribution in [0.4, 0.5) is 8.78 Å². The van der Waals surface area contributed by atoms with Crippen molar-refractivity contribution >= 4 is 12.0 Å². The molecule has 1 saturated heterocycles. The normalized spacial score (nSPS) is 18.6. The molecule has 190 valence electrons. The van der Waals surface area contributed by atoms with Crippen molar-refractivity contribution in [3.8, 4) is 0 Å². The van der Waals surface area contributed by atoms with Crippen LogP contribution in [0.3, 0.4) is 0 Å². The number of hydrogen-bond donors (Lipinski definition) is 2. The number of halogens is 2. The van der Waals surface area contributed by atoms with E-state index in [-0.39, 0.29) is 36.0 Å². The maximum atomic E-state index is 14.5. The molecular weight excluding hydrogens is 452 g/mol. The number of benzene rings is 2. The lowest BCUT2D eigenvalue weighted by Crippen LogP contribution is -2.39. The van der Waals surface area contributed by atoms with Crippen LogP contribution in [-0.4, -0.2) is 52.9 Å². The maximum Gasteiger partial charge on any atom is 0.331 e. The number of β-amino-alcohol motifs (C(OH)–C–C–N with tert-alkyl or cyclic N) is 1. The van der Waals surface area contributed by atoms with Crippen LogP contribution in [0.5, 0.6) is 0 Å². The minimum atomic E-state index is -1.08. The zero-order chi connectivity index (χ0) is 25.5. The number of nitrogens with zero attached hydrogens (tertiary/aromatic N) is 1. The number of rotatable bonds is 11. The molecule has 0 aliphatic carbocycles. The number of aliphatic hydroxyl groups excluding tert-OH is 1. The summed E-state index contributed by atoms with van der Waals surface area (Å²) < 4.78 is 34.4. The largest absolute Gasteiger partial charge is 0.478 e. The highest BCUT2D eigenvalue weighted by atomic mass is 19.1. The van der Waals surface area contributed by atoms with Crippen molar-refractivity contribution < 1.29 is 28.5 Å². The molecule has 0 bridgehead atoms. The summed E-state index contributed by atoms with van der Waals surface area (Å²) in [4.78, 5) is 13.6. The standard InChI is InChI=1S/C28H35F2NO4/c1-4-21(28(33)34)15-25-24(8-5-9-26(25)29)19(3)35-17-23(32)16-31-12-6-7-22(31)13-20-11-10-18(2)27(30)14-20/h5,8-11,14-15,19,22-23,32H,4,6-7,12-13,16-17H2,1-3H3,(H,33,34)/t19-,22+,23-/m1/s1. The highest BCUT2D eigenvalue weighted by molar-refractivity contribution is 5.92. The predicted molar refractivity (Wildman–Crippen MR) is 132 cm³/mol. The monoisotopic (exact) mass is 487 g/mol. The van der Waals surface area contributed by atoms with Crippen LogP contribution in [0.2, 0.25) is 0 Å². The van der Waals surface area contributed by atoms with Gasteiger partial charge in [0.1, 0.15) is 11.6 Å². The van der Waals surface area contributed by atoms with Crippen LogP contribution >= 0.6 is 0 Å². The molecule has 1 heterocycles. The van der Waals surface area contributed by atoms with Crippen molar-refractivity contribution in [2.75, 3.05) is 19.7 Å². The fraction of sp³-hybridized carbons (Fsp3) is 0.464. The Morgan fingerprint density at radius 3 is 2.71 bits per heavy atom. The molecule has 3 atom stereocenters. The van der Waals surface area contributed by atoms with Crippen molar-refractivity contribution in [3.63, 3.8) is 0 Å². The Morgan fingerprint density at radius 1 is 1.26 bits per heavy atom. The highest BCUT2D eigenvalue weighted by Gasteiger charge is 2.27. The predicted octanol–water partition coefficient (Wildman–Crippen LogP) is 5.30. The van der Waals surface area contributed by atoms with Gasteiger partial charge in [-0.05, 0) is 81.0 Å². The minimum absolute atomic E-state index is 0.0583. The molecule has 0 unspecified atom stereocenters. The molecule has 0 aromatic heterocycles. The van der Waals surface area contributed by atoms with Gasteiger partial charge in [-0.2, -0.15) is 0 Å². The molecule has 0 amide bonds. The summed E-state index contributed by atoms with van der Waals surface area (Å²) in [5.74, 6) is -1.80. The smallest absolute Gasteiger partial charge is 0.331 e. The van der Waals surface area contributed by atoms with E-state index in [9.17, 15) is 23.8 Å². The number of carbonyl (C=O) groups is 1. The van der Waals surface area contributed by atoms with Crippen molar-refractivity contribution in [2.45, 2.75) is 64.7 Å². The van der Waals surface area contributed by atoms with E-state index in [4.69, 9.17) is 4.74 Å². The average Bonchev–Trinajstić information content (AvgIpc) is 3.24. The highest BCUT2D eigenvalue weighted by Crippen LogP contribution is 2.27. The second-order valence-corrected chi connectivity index (χ2v) is 9.28. The van der Waals surface area contributed by atoms with Gasteiger partial charge in [-0.1, -0.05) is 31.2 Å². The Kier molecular flexibility index (Phi) is 9.55. The number of aryl methyl sites for hydroxylation is 1. The summed E-state index contributed by atoms with van der Waals surface area (Å²) in [5.41, 5.74) is 2.41. The molecule has 5 nitrogen and oxygen atoms in total. The Bertz CT molecular complexity index is 1060. The minimum Gasteiger partial charge on any atom is -0.478 e. The number of ether oxygens (including phenoxy) is 1. The van der Waals surface area contributed by atoms with E-state index in [0.717, 1.165) is 31.4 Å². The lowest BCUT2D eigenvalue weighted by atomic mass is 9.99. The lowest BCUT2D eigenvalue weighted by molar-refractivity contribution is -0.132. The molecule has 7 heteroatoms. The quantitative estimate of drug-likeness (QED) is 0.421. The van der Waals surface area contributed by atoms with Gasteiger partial charge in [0.05, 0.1) is 18.8 Å². The van der Waals surface area contributed by atoms with Gasteiger partial charge in [-0.15, -0.1) is 0 Å². The SMILES string of the molecule is CCC(=Cc1c(F)cccc1[C@@H](C)OC[C@H](O)CN1CCC[C@H]1Cc1ccc(C)c(F)c1)C(=O)O. The fourth-order valence-corrected chi connectivity index (χ4v) is 4.62. The van der Waals surface area contributed by atoms with Gasteiger partial charge in [0.2, 0.25) is 0 Å². The van der Waals surface area contributed by atoms with Gasteiger partial charge < -0.3 is 14.9 Å². The van der Waals surface area contributed by atoms with Gasteiger partial charge in [0.15, 0.2) is 0 Å². The number of hydrogen-bond acceptors (Lipinski definition) is 4. The first-order valence-electron chi connectivity index (χ1n) is 12.2. The van der Waals surface area contributed by atoms with E-state index in [1.807, 2.05) is 6.07 Å². The Balaban J connectivity index is 1.60. The topological polar surface area (TPSA) is 70.0 Å². The molecule has 2 aromatic rings. The van der Waals surface area contributed by atoms with Gasteiger partial charge in [0.25, 0.3) is 0 Å². The van der Waals surface area contributed by atoms with Crippen LogP contribution in [0.25, 0.3) is 6.08 Å². The first-order valence-corrected chi connectivity index (χ1v) is 12.2. The van der Waals surface area contributed by atoms with E-state index in [2.05, 4.69) is 4.90 Å². The third-order valence-corrected chi connectivity index (χ3v) is 6.69. The zero-order valence-corrected chi connectivity index (χ0v) is 20.6. The molecule has 0 radical (unpaired) electrons. The molecule has 2 aromatic carbocycles. The van der Waals surface area contributed by atoms with E-state index in [0.29, 0.717) is 17.7 Å². The number of aliphatic hydroxyl groups is 1. The van der Waals surface area contributed by atoms with Gasteiger partial charge in [-0.25, -0.2) is 13.6 Å². The van der Waals surface area contributed by atoms with E-state index < -0.39 is 24.0 Å². The van der Waals surface area contributed by atoms with E-state index in [1.54, 1.807) is 45.0 Å². The van der Waals surface area contributed by atoms with Gasteiger partial charge in [0, 0.05) is 23.7 Å². The fourth-order valence-electron chi connectivity index (χ4n) is 4.62. The molecule has 2 N–H and O–H groups in total. The maximum absolute atomic E-state index is 14.5. The molecule has 0 saturated carbocycles. The number of likely N-dealkylation sites (tertiary alicyclic amines) is 1. The van der Waals surface area contributed by atoms with E-state index in [1.165, 1.54) is 12.1 Å². The van der Waals surface area contributed by atoms with Gasteiger partial charge >= 0.3 is 5.97 Å². The Morgan fingerprint density at radius 2 is 2.03 bits per heavy atom. The molecule has 0 spiro atoms. The summed E-state index contributed by atoms with van der Waals surface area (Å²) >= 11 is 0. The van der Waals surface area contributed by atoms with Crippen LogP contribution in [0, 0.1) is 18.6 Å². The second-order valence-electron chi connectivity index (χ2n) is 9.28. The Hall–Kier alpha value is -2.61. The molecule has 1 aliphatic heterocycles. The Labute approximate surface area is 206 Å². The lowest BCUT2D eigenvalue weighted by Gasteiger charge is -2.27. The van der Waals surface area contributed by atoms with Crippen molar-refractivity contribution in [1.82, 2.24) is 4.90 Å². The summed E-state index contributed by atoms with van der Waals surface area (Å²) in [6, 6.07) is 10.1. The van der Waals surface area contributed by atoms with Crippen LogP contribution in [-0.2, 0) is 16.0 Å². The number of carboxylic acid groups (broad SMARTS) is 1. The first kappa shape index (κ1) is 27.0. The summed E-state index contributed by atoms with van der Waals surface area (Å²) in [5, 5.41) is 20.0. The van der Waals surface area contributed by atoms with Crippen LogP contribution < -0.4 is 0 Å². The van der Waals surface area contributed by atoms with Crippen molar-refractivity contribution in [1.29, 1.82) is 0 Å². The van der Waals surface area contributed by atoms with Crippen molar-refractivity contribution in [3.05, 3.63) is 75.9 Å². The van der Waals surface area contributed by atoms with E-state index >= 15 is 0 Å². The first-order chi connectivity index (χ1) is 16.7. The second kappa shape index (κ2) is 12.4. The number of carboxylic acids is 1. The average molecular weight is 488 g/mol. The molecule has 1 aliphatic rings. The third kappa shape index (κ3) is 7.19. The number of aliphatic carboxylic acids is 1. The summed E-state index contributed by atoms with van der Waals surface area (Å²) in [6.07, 6.45) is 3.07. The third-order valence-electron chi connectivity index (χ3n) is 6.69. The van der Waals surface area contributed by atoms with Crippen molar-refractivity contribution in [2.24, 2.45) is 0 Å². The molecule has 35 heavy (non-hydrogen) atoms. The zero-order valence-electron chi connectivity index (χ0n) is 20.6. The van der Waals surface area contributed by atoms with Gasteiger partial charge in [-0.3, -0.25) is 4.90 Å². The molecular formula is C28H35F2NO4. The summed E-state index contributed by atoms with van der Waals surface area (Å²) in [6.45, 7) is 6.56.